The molecule has 1 aromatic heterocycles. The van der Waals surface area contributed by atoms with Crippen molar-refractivity contribution in [3.05, 3.63) is 71.6 Å². The molecule has 0 fully saturated rings. The monoisotopic (exact) mass is 535 g/mol. The molecule has 0 radical (unpaired) electrons. The quantitative estimate of drug-likeness (QED) is 0.221. The van der Waals surface area contributed by atoms with E-state index < -0.39 is 17.8 Å². The lowest BCUT2D eigenvalue weighted by Crippen LogP contribution is -2.34. The number of aliphatic carboxylic acids is 1. The lowest BCUT2D eigenvalue weighted by Gasteiger charge is -2.24. The zero-order valence-corrected chi connectivity index (χ0v) is 22.3. The van der Waals surface area contributed by atoms with Gasteiger partial charge in [0.05, 0.1) is 22.8 Å². The Morgan fingerprint density at radius 1 is 1.05 bits per heavy atom. The number of carboxylic acid groups (broad SMARTS) is 1. The number of thioether (sulfide) groups is 1. The van der Waals surface area contributed by atoms with E-state index in [0.717, 1.165) is 21.0 Å². The standard InChI is InChI=1S/C28H29N3O4S2/c1-3-23(26(33)31-28-30-24(17(2)36-28)18-10-5-4-6-11-18)37-20-13-9-12-19(16-20)29-25(32)21-14-7-8-15-22(21)27(34)35/h4-13,16,21-23H,3,14-15H2,1-2H3,(H,29,32)(H,34,35)(H,30,31,33). The lowest BCUT2D eigenvalue weighted by atomic mass is 9.82. The fourth-order valence-electron chi connectivity index (χ4n) is 4.25. The van der Waals surface area contributed by atoms with Crippen LogP contribution in [0.2, 0.25) is 0 Å². The number of nitrogens with zero attached hydrogens (tertiary/aromatic N) is 1. The molecule has 1 aliphatic rings. The Hall–Kier alpha value is -3.43. The van der Waals surface area contributed by atoms with Crippen molar-refractivity contribution in [3.63, 3.8) is 0 Å². The molecular weight excluding hydrogens is 506 g/mol. The van der Waals surface area contributed by atoms with Gasteiger partial charge in [-0.15, -0.1) is 23.1 Å². The largest absolute Gasteiger partial charge is 0.481 e. The highest BCUT2D eigenvalue weighted by Crippen LogP contribution is 2.33. The minimum atomic E-state index is -0.961. The van der Waals surface area contributed by atoms with E-state index in [1.165, 1.54) is 23.1 Å². The van der Waals surface area contributed by atoms with Crippen molar-refractivity contribution in [1.82, 2.24) is 4.98 Å². The van der Waals surface area contributed by atoms with E-state index in [4.69, 9.17) is 0 Å². The van der Waals surface area contributed by atoms with E-state index in [0.29, 0.717) is 30.1 Å². The van der Waals surface area contributed by atoms with Crippen LogP contribution in [-0.2, 0) is 14.4 Å². The second-order valence-corrected chi connectivity index (χ2v) is 11.3. The second kappa shape index (κ2) is 12.2. The summed E-state index contributed by atoms with van der Waals surface area (Å²) in [5.74, 6) is -2.74. The van der Waals surface area contributed by atoms with E-state index in [9.17, 15) is 19.5 Å². The maximum Gasteiger partial charge on any atom is 0.307 e. The van der Waals surface area contributed by atoms with Gasteiger partial charge in [0, 0.05) is 21.0 Å². The van der Waals surface area contributed by atoms with E-state index in [1.807, 2.05) is 74.5 Å². The number of rotatable bonds is 9. The number of benzene rings is 2. The molecule has 1 aliphatic carbocycles. The summed E-state index contributed by atoms with van der Waals surface area (Å²) in [6, 6.07) is 17.2. The van der Waals surface area contributed by atoms with Crippen LogP contribution in [0, 0.1) is 18.8 Å². The van der Waals surface area contributed by atoms with Gasteiger partial charge in [-0.25, -0.2) is 4.98 Å². The Bertz CT molecular complexity index is 1310. The maximum atomic E-state index is 13.1. The number of aromatic nitrogens is 1. The van der Waals surface area contributed by atoms with E-state index >= 15 is 0 Å². The number of carboxylic acids is 1. The molecule has 0 saturated carbocycles. The van der Waals surface area contributed by atoms with Crippen LogP contribution in [0.5, 0.6) is 0 Å². The van der Waals surface area contributed by atoms with Crippen molar-refractivity contribution < 1.29 is 19.5 Å². The van der Waals surface area contributed by atoms with Crippen molar-refractivity contribution in [2.45, 2.75) is 43.3 Å². The Labute approximate surface area is 224 Å². The van der Waals surface area contributed by atoms with Gasteiger partial charge in [0.15, 0.2) is 5.13 Å². The molecule has 2 amide bonds. The average Bonchev–Trinajstić information content (AvgIpc) is 3.27. The van der Waals surface area contributed by atoms with Crippen molar-refractivity contribution in [1.29, 1.82) is 0 Å². The summed E-state index contributed by atoms with van der Waals surface area (Å²) >= 11 is 2.86. The van der Waals surface area contributed by atoms with Crippen LogP contribution >= 0.6 is 23.1 Å². The molecule has 0 bridgehead atoms. The zero-order valence-electron chi connectivity index (χ0n) is 20.6. The molecule has 3 unspecified atom stereocenters. The number of allylic oxidation sites excluding steroid dienone is 2. The number of nitrogens with one attached hydrogen (secondary N) is 2. The number of carbonyl (C=O) groups excluding carboxylic acids is 2. The molecule has 37 heavy (non-hydrogen) atoms. The molecule has 7 nitrogen and oxygen atoms in total. The SMILES string of the molecule is CCC(Sc1cccc(NC(=O)C2CC=CCC2C(=O)O)c1)C(=O)Nc1nc(-c2ccccc2)c(C)s1. The first-order chi connectivity index (χ1) is 17.9. The molecule has 0 aliphatic heterocycles. The first kappa shape index (κ1) is 26.6. The summed E-state index contributed by atoms with van der Waals surface area (Å²) in [7, 11) is 0. The van der Waals surface area contributed by atoms with Crippen molar-refractivity contribution >= 4 is 51.7 Å². The van der Waals surface area contributed by atoms with Crippen LogP contribution in [0.15, 0.2) is 71.6 Å². The number of thiazole rings is 1. The predicted octanol–water partition coefficient (Wildman–Crippen LogP) is 6.23. The number of anilines is 2. The zero-order chi connectivity index (χ0) is 26.4. The highest BCUT2D eigenvalue weighted by molar-refractivity contribution is 8.00. The van der Waals surface area contributed by atoms with Gasteiger partial charge in [-0.2, -0.15) is 0 Å². The second-order valence-electron chi connectivity index (χ2n) is 8.80. The molecule has 192 valence electrons. The molecular formula is C28H29N3O4S2. The summed E-state index contributed by atoms with van der Waals surface area (Å²) in [6.45, 7) is 3.94. The number of amides is 2. The van der Waals surface area contributed by atoms with Crippen LogP contribution in [0.3, 0.4) is 0 Å². The highest BCUT2D eigenvalue weighted by Gasteiger charge is 2.34. The van der Waals surface area contributed by atoms with Gasteiger partial charge in [-0.1, -0.05) is 55.5 Å². The molecule has 4 rings (SSSR count). The molecule has 9 heteroatoms. The Morgan fingerprint density at radius 3 is 2.49 bits per heavy atom. The van der Waals surface area contributed by atoms with Crippen molar-refractivity contribution in [2.24, 2.45) is 11.8 Å². The van der Waals surface area contributed by atoms with Crippen molar-refractivity contribution in [2.75, 3.05) is 10.6 Å². The van der Waals surface area contributed by atoms with E-state index in [2.05, 4.69) is 15.6 Å². The molecule has 2 aromatic carbocycles. The predicted molar refractivity (Wildman–Crippen MR) is 149 cm³/mol. The number of aryl methyl sites for hydroxylation is 1. The average molecular weight is 536 g/mol. The van der Waals surface area contributed by atoms with E-state index in [1.54, 1.807) is 6.07 Å². The van der Waals surface area contributed by atoms with Crippen LogP contribution in [0.25, 0.3) is 11.3 Å². The molecule has 3 atom stereocenters. The van der Waals surface area contributed by atoms with Crippen LogP contribution in [-0.4, -0.2) is 33.1 Å². The summed E-state index contributed by atoms with van der Waals surface area (Å²) in [4.78, 5) is 44.0. The topological polar surface area (TPSA) is 108 Å². The fourth-order valence-corrected chi connectivity index (χ4v) is 6.10. The number of carbonyl (C=O) groups is 3. The molecule has 3 N–H and O–H groups in total. The Balaban J connectivity index is 1.40. The third kappa shape index (κ3) is 6.67. The van der Waals surface area contributed by atoms with Crippen molar-refractivity contribution in [3.8, 4) is 11.3 Å². The van der Waals surface area contributed by atoms with Gasteiger partial charge in [0.1, 0.15) is 0 Å². The van der Waals surface area contributed by atoms with Crippen LogP contribution < -0.4 is 10.6 Å². The maximum absolute atomic E-state index is 13.1. The Morgan fingerprint density at radius 2 is 1.78 bits per heavy atom. The Kier molecular flexibility index (Phi) is 8.78. The first-order valence-electron chi connectivity index (χ1n) is 12.1. The number of hydrogen-bond acceptors (Lipinski definition) is 6. The summed E-state index contributed by atoms with van der Waals surface area (Å²) in [5, 5.41) is 15.5. The van der Waals surface area contributed by atoms with Crippen LogP contribution in [0.4, 0.5) is 10.8 Å². The van der Waals surface area contributed by atoms with Gasteiger partial charge < -0.3 is 15.7 Å². The van der Waals surface area contributed by atoms with E-state index in [-0.39, 0.29) is 17.1 Å². The summed E-state index contributed by atoms with van der Waals surface area (Å²) < 4.78 is 0. The third-order valence-electron chi connectivity index (χ3n) is 6.20. The minimum absolute atomic E-state index is 0.131. The molecule has 0 spiro atoms. The summed E-state index contributed by atoms with van der Waals surface area (Å²) in [5.41, 5.74) is 2.45. The third-order valence-corrected chi connectivity index (χ3v) is 8.45. The van der Waals surface area contributed by atoms with Gasteiger partial charge >= 0.3 is 5.97 Å². The molecule has 3 aromatic rings. The van der Waals surface area contributed by atoms with Gasteiger partial charge in [0.2, 0.25) is 11.8 Å². The normalized spacial score (nSPS) is 17.7. The lowest BCUT2D eigenvalue weighted by molar-refractivity contribution is -0.146. The summed E-state index contributed by atoms with van der Waals surface area (Å²) in [6.07, 6.45) is 5.02. The van der Waals surface area contributed by atoms with Gasteiger partial charge in [-0.05, 0) is 44.4 Å². The minimum Gasteiger partial charge on any atom is -0.481 e. The number of hydrogen-bond donors (Lipinski definition) is 3. The first-order valence-corrected chi connectivity index (χ1v) is 13.8. The van der Waals surface area contributed by atoms with Gasteiger partial charge in [-0.3, -0.25) is 14.4 Å². The molecule has 0 saturated heterocycles. The fraction of sp³-hybridized carbons (Fsp3) is 0.286. The van der Waals surface area contributed by atoms with Crippen LogP contribution in [0.1, 0.15) is 31.1 Å². The molecule has 1 heterocycles. The smallest absolute Gasteiger partial charge is 0.307 e. The van der Waals surface area contributed by atoms with Gasteiger partial charge in [0.25, 0.3) is 0 Å². The highest BCUT2D eigenvalue weighted by atomic mass is 32.2.